The maximum Gasteiger partial charge on any atom is 1.00 e. The molecule has 2 N–H and O–H groups in total. The smallest absolute Gasteiger partial charge is 0.858 e. The summed E-state index contributed by atoms with van der Waals surface area (Å²) in [4.78, 5) is 3.46. The molecule has 2 rings (SSSR count). The number of hydrogen-bond donors (Lipinski definition) is 1. The number of nitrogen functional groups attached to an aromatic ring is 1. The van der Waals surface area contributed by atoms with Gasteiger partial charge in [0.15, 0.2) is 5.82 Å². The van der Waals surface area contributed by atoms with E-state index in [2.05, 4.69) is 4.98 Å². The average molecular weight is 339 g/mol. The Bertz CT molecular complexity index is 639. The zero-order valence-corrected chi connectivity index (χ0v) is 16.2. The molecule has 0 saturated heterocycles. The van der Waals surface area contributed by atoms with E-state index >= 15 is 0 Å². The number of pyridine rings is 1. The van der Waals surface area contributed by atoms with E-state index in [0.717, 1.165) is 6.07 Å². The molecule has 0 bridgehead atoms. The van der Waals surface area contributed by atoms with Gasteiger partial charge in [0.2, 0.25) is 0 Å². The molecule has 21 heavy (non-hydrogen) atoms. The van der Waals surface area contributed by atoms with Crippen LogP contribution in [0.5, 0.6) is 5.88 Å². The van der Waals surface area contributed by atoms with E-state index in [9.17, 15) is 13.9 Å². The number of hydrogen-bond acceptors (Lipinski definition) is 3. The third kappa shape index (κ3) is 4.61. The number of rotatable bonds is 1. The molecule has 0 fully saturated rings. The predicted octanol–water partition coefficient (Wildman–Crippen LogP) is 0.675. The molecule has 1 heterocycles. The minimum Gasteiger partial charge on any atom is -0.858 e. The summed E-state index contributed by atoms with van der Waals surface area (Å²) in [6.45, 7) is 5.57. The quantitative estimate of drug-likeness (QED) is 0.778. The molecule has 0 amide bonds. The van der Waals surface area contributed by atoms with E-state index in [4.69, 9.17) is 17.3 Å². The van der Waals surface area contributed by atoms with Crippen molar-refractivity contribution in [3.8, 4) is 17.1 Å². The second-order valence-corrected chi connectivity index (χ2v) is 4.15. The van der Waals surface area contributed by atoms with Crippen LogP contribution in [0.4, 0.5) is 14.5 Å². The van der Waals surface area contributed by atoms with E-state index < -0.39 is 28.2 Å². The summed E-state index contributed by atoms with van der Waals surface area (Å²) in [6, 6.07) is 4.01. The predicted molar refractivity (Wildman–Crippen MR) is 74.5 cm³/mol. The zero-order valence-electron chi connectivity index (χ0n) is 12.3. The fourth-order valence-corrected chi connectivity index (χ4v) is 1.60. The molecule has 1 aromatic heterocycles. The van der Waals surface area contributed by atoms with Crippen molar-refractivity contribution in [2.24, 2.45) is 0 Å². The van der Waals surface area contributed by atoms with E-state index in [0.29, 0.717) is 5.56 Å². The number of nitrogens with zero attached hydrogens (tertiary/aromatic N) is 1. The van der Waals surface area contributed by atoms with Crippen LogP contribution in [0.3, 0.4) is 0 Å². The number of aromatic nitrogens is 1. The van der Waals surface area contributed by atoms with Crippen molar-refractivity contribution in [3.63, 3.8) is 0 Å². The molecule has 0 radical (unpaired) electrons. The molecule has 2 aromatic rings. The standard InChI is InChI=1S/C12H9ClF2N2O.C2H6.K/c1-5-2-3-6(4-7(5)14)11-9(15)10(16)8(13)12(18)17-11;1-2;/h2-4H,1H3,(H3,16,17,18);1-2H3;/q;;+1/p-1. The topological polar surface area (TPSA) is 62.0 Å². The van der Waals surface area contributed by atoms with Crippen LogP contribution in [0.25, 0.3) is 11.3 Å². The van der Waals surface area contributed by atoms with Gasteiger partial charge in [-0.2, -0.15) is 0 Å². The van der Waals surface area contributed by atoms with Gasteiger partial charge >= 0.3 is 51.4 Å². The molecule has 7 heteroatoms. The SMILES string of the molecule is CC.Cc1ccc(-c2nc([O-])c(Cl)c(N)c2F)cc1F.[K+]. The Kier molecular flexibility index (Phi) is 8.92. The van der Waals surface area contributed by atoms with Crippen LogP contribution in [-0.2, 0) is 0 Å². The van der Waals surface area contributed by atoms with Crippen molar-refractivity contribution in [2.45, 2.75) is 20.8 Å². The van der Waals surface area contributed by atoms with Gasteiger partial charge in [-0.15, -0.1) is 0 Å². The molecular weight excluding hydrogens is 325 g/mol. The summed E-state index contributed by atoms with van der Waals surface area (Å²) in [5.74, 6) is -2.29. The number of anilines is 1. The van der Waals surface area contributed by atoms with Gasteiger partial charge in [-0.05, 0) is 18.6 Å². The van der Waals surface area contributed by atoms with Gasteiger partial charge in [-0.3, -0.25) is 4.98 Å². The third-order valence-corrected chi connectivity index (χ3v) is 2.89. The van der Waals surface area contributed by atoms with E-state index in [1.54, 1.807) is 6.92 Å². The molecule has 0 unspecified atom stereocenters. The van der Waals surface area contributed by atoms with Gasteiger partial charge in [0.25, 0.3) is 0 Å². The molecule has 0 saturated carbocycles. The fraction of sp³-hybridized carbons (Fsp3) is 0.214. The van der Waals surface area contributed by atoms with Crippen molar-refractivity contribution in [1.29, 1.82) is 0 Å². The first-order valence-electron chi connectivity index (χ1n) is 5.99. The summed E-state index contributed by atoms with van der Waals surface area (Å²) in [6.07, 6.45) is 0. The number of benzene rings is 1. The van der Waals surface area contributed by atoms with Gasteiger partial charge in [0.1, 0.15) is 11.5 Å². The molecule has 108 valence electrons. The first-order chi connectivity index (χ1) is 9.41. The van der Waals surface area contributed by atoms with Crippen LogP contribution in [0, 0.1) is 18.6 Å². The van der Waals surface area contributed by atoms with Crippen molar-refractivity contribution >= 4 is 17.3 Å². The number of nitrogens with two attached hydrogens (primary N) is 1. The summed E-state index contributed by atoms with van der Waals surface area (Å²) in [7, 11) is 0. The van der Waals surface area contributed by atoms with Gasteiger partial charge in [0, 0.05) is 11.4 Å². The van der Waals surface area contributed by atoms with Crippen LogP contribution in [-0.4, -0.2) is 4.98 Å². The first-order valence-corrected chi connectivity index (χ1v) is 6.37. The summed E-state index contributed by atoms with van der Waals surface area (Å²) in [5.41, 5.74) is 5.11. The van der Waals surface area contributed by atoms with Crippen molar-refractivity contribution in [1.82, 2.24) is 4.98 Å². The zero-order chi connectivity index (χ0) is 15.4. The Morgan fingerprint density at radius 3 is 2.33 bits per heavy atom. The van der Waals surface area contributed by atoms with Gasteiger partial charge in [-0.25, -0.2) is 8.78 Å². The molecule has 0 atom stereocenters. The Hall–Kier alpha value is -0.244. The third-order valence-electron chi connectivity index (χ3n) is 2.53. The van der Waals surface area contributed by atoms with Crippen LogP contribution in [0.2, 0.25) is 5.02 Å². The normalized spacial score (nSPS) is 9.43. The molecule has 3 nitrogen and oxygen atoms in total. The summed E-state index contributed by atoms with van der Waals surface area (Å²) >= 11 is 5.48. The number of aryl methyl sites for hydroxylation is 1. The molecule has 0 aliphatic rings. The molecule has 0 aliphatic carbocycles. The minimum absolute atomic E-state index is 0. The Balaban J connectivity index is 0.00000128. The van der Waals surface area contributed by atoms with Gasteiger partial charge in [-0.1, -0.05) is 37.6 Å². The van der Waals surface area contributed by atoms with E-state index in [-0.39, 0.29) is 62.6 Å². The second kappa shape index (κ2) is 9.02. The van der Waals surface area contributed by atoms with E-state index in [1.807, 2.05) is 13.8 Å². The largest absolute Gasteiger partial charge is 1.00 e. The maximum atomic E-state index is 13.8. The summed E-state index contributed by atoms with van der Waals surface area (Å²) in [5, 5.41) is 10.9. The van der Waals surface area contributed by atoms with Crippen molar-refractivity contribution in [3.05, 3.63) is 40.4 Å². The Labute approximate surface area is 169 Å². The first kappa shape index (κ1) is 20.8. The Morgan fingerprint density at radius 1 is 1.24 bits per heavy atom. The van der Waals surface area contributed by atoms with Crippen LogP contribution in [0.15, 0.2) is 18.2 Å². The van der Waals surface area contributed by atoms with Crippen LogP contribution < -0.4 is 62.2 Å². The van der Waals surface area contributed by atoms with Crippen molar-refractivity contribution < 1.29 is 65.3 Å². The summed E-state index contributed by atoms with van der Waals surface area (Å²) < 4.78 is 27.2. The Morgan fingerprint density at radius 2 is 1.81 bits per heavy atom. The second-order valence-electron chi connectivity index (χ2n) is 3.77. The number of halogens is 3. The van der Waals surface area contributed by atoms with Crippen molar-refractivity contribution in [2.75, 3.05) is 5.73 Å². The van der Waals surface area contributed by atoms with E-state index in [1.165, 1.54) is 12.1 Å². The van der Waals surface area contributed by atoms with Gasteiger partial charge in [0.05, 0.1) is 10.7 Å². The molecule has 1 aromatic carbocycles. The molecular formula is C14H14ClF2KN2O. The molecule has 0 aliphatic heterocycles. The average Bonchev–Trinajstić information content (AvgIpc) is 2.46. The van der Waals surface area contributed by atoms with Crippen LogP contribution in [0.1, 0.15) is 19.4 Å². The van der Waals surface area contributed by atoms with Gasteiger partial charge < -0.3 is 10.8 Å². The monoisotopic (exact) mass is 338 g/mol. The fourth-order valence-electron chi connectivity index (χ4n) is 1.47. The minimum atomic E-state index is -0.928. The van der Waals surface area contributed by atoms with Crippen LogP contribution >= 0.6 is 11.6 Å². The molecule has 0 spiro atoms. The maximum absolute atomic E-state index is 13.8.